The molecule has 5 nitrogen and oxygen atoms in total. The van der Waals surface area contributed by atoms with Gasteiger partial charge in [-0.25, -0.2) is 4.98 Å². The fourth-order valence-electron chi connectivity index (χ4n) is 1.30. The summed E-state index contributed by atoms with van der Waals surface area (Å²) < 4.78 is 5.25. The van der Waals surface area contributed by atoms with Crippen LogP contribution < -0.4 is 10.5 Å². The maximum atomic E-state index is 11.5. The van der Waals surface area contributed by atoms with E-state index >= 15 is 0 Å². The normalized spacial score (nSPS) is 10.3. The second kappa shape index (κ2) is 6.19. The van der Waals surface area contributed by atoms with Crippen molar-refractivity contribution in [2.45, 2.75) is 13.8 Å². The van der Waals surface area contributed by atoms with Crippen LogP contribution in [0, 0.1) is 0 Å². The third kappa shape index (κ3) is 3.36. The van der Waals surface area contributed by atoms with E-state index in [1.807, 2.05) is 18.7 Å². The predicted octanol–water partition coefficient (Wildman–Crippen LogP) is 0.633. The van der Waals surface area contributed by atoms with Crippen molar-refractivity contribution in [1.82, 2.24) is 9.97 Å². The maximum Gasteiger partial charge on any atom is 0.290 e. The fourth-order valence-corrected chi connectivity index (χ4v) is 1.30. The van der Waals surface area contributed by atoms with Gasteiger partial charge in [-0.15, -0.1) is 0 Å². The van der Waals surface area contributed by atoms with Crippen LogP contribution in [0.3, 0.4) is 0 Å². The molecule has 0 aromatic carbocycles. The van der Waals surface area contributed by atoms with Crippen molar-refractivity contribution in [3.8, 4) is 0 Å². The second-order valence-electron chi connectivity index (χ2n) is 3.02. The number of nitrogens with zero attached hydrogens (tertiary/aromatic N) is 2. The number of aromatic nitrogens is 2. The van der Waals surface area contributed by atoms with Crippen LogP contribution in [0.1, 0.15) is 13.8 Å². The van der Waals surface area contributed by atoms with Gasteiger partial charge >= 0.3 is 0 Å². The first-order valence-corrected chi connectivity index (χ1v) is 5.16. The molecule has 0 radical (unpaired) electrons. The van der Waals surface area contributed by atoms with Crippen LogP contribution in [-0.4, -0.2) is 36.3 Å². The van der Waals surface area contributed by atoms with Gasteiger partial charge in [0.1, 0.15) is 0 Å². The van der Waals surface area contributed by atoms with Crippen LogP contribution in [-0.2, 0) is 4.74 Å². The topological polar surface area (TPSA) is 58.2 Å². The molecule has 0 aliphatic rings. The number of hydrogen-bond donors (Lipinski definition) is 1. The lowest BCUT2D eigenvalue weighted by molar-refractivity contribution is 0.154. The Balaban J connectivity index is 2.66. The minimum absolute atomic E-state index is 0.157. The number of nitrogens with one attached hydrogen (secondary N) is 1. The summed E-state index contributed by atoms with van der Waals surface area (Å²) in [6, 6.07) is 0. The molecule has 5 heteroatoms. The average Bonchev–Trinajstić information content (AvgIpc) is 2.26. The predicted molar refractivity (Wildman–Crippen MR) is 59.2 cm³/mol. The van der Waals surface area contributed by atoms with E-state index in [1.165, 1.54) is 6.20 Å². The SMILES string of the molecule is CCOCCN(CC)c1ncc[nH]c1=O. The van der Waals surface area contributed by atoms with Gasteiger partial charge in [-0.2, -0.15) is 0 Å². The van der Waals surface area contributed by atoms with Crippen LogP contribution in [0.25, 0.3) is 0 Å². The lowest BCUT2D eigenvalue weighted by Gasteiger charge is -2.20. The average molecular weight is 211 g/mol. The molecule has 84 valence electrons. The highest BCUT2D eigenvalue weighted by atomic mass is 16.5. The highest BCUT2D eigenvalue weighted by Gasteiger charge is 2.08. The molecule has 0 aliphatic carbocycles. The van der Waals surface area contributed by atoms with E-state index in [4.69, 9.17) is 4.74 Å². The van der Waals surface area contributed by atoms with Gasteiger partial charge in [-0.1, -0.05) is 0 Å². The third-order valence-electron chi connectivity index (χ3n) is 2.08. The molecule has 1 heterocycles. The van der Waals surface area contributed by atoms with Gasteiger partial charge in [0, 0.05) is 32.1 Å². The lowest BCUT2D eigenvalue weighted by Crippen LogP contribution is -2.32. The number of aromatic amines is 1. The number of ether oxygens (including phenoxy) is 1. The standard InChI is InChI=1S/C10H17N3O2/c1-3-13(7-8-15-4-2)9-10(14)12-6-5-11-9/h5-6H,3-4,7-8H2,1-2H3,(H,12,14). The molecule has 0 saturated heterocycles. The zero-order valence-corrected chi connectivity index (χ0v) is 9.19. The van der Waals surface area contributed by atoms with E-state index in [1.54, 1.807) is 6.20 Å². The Morgan fingerprint density at radius 1 is 1.53 bits per heavy atom. The van der Waals surface area contributed by atoms with Gasteiger partial charge in [0.05, 0.1) is 6.61 Å². The molecule has 0 aliphatic heterocycles. The molecule has 0 fully saturated rings. The van der Waals surface area contributed by atoms with Gasteiger partial charge in [0.15, 0.2) is 5.82 Å². The van der Waals surface area contributed by atoms with Gasteiger partial charge < -0.3 is 14.6 Å². The van der Waals surface area contributed by atoms with Crippen LogP contribution >= 0.6 is 0 Å². The Bertz CT molecular complexity index is 337. The van der Waals surface area contributed by atoms with Crippen molar-refractivity contribution in [3.05, 3.63) is 22.7 Å². The number of hydrogen-bond acceptors (Lipinski definition) is 4. The number of rotatable bonds is 6. The van der Waals surface area contributed by atoms with Crippen LogP contribution in [0.4, 0.5) is 5.82 Å². The van der Waals surface area contributed by atoms with Crippen LogP contribution in [0.2, 0.25) is 0 Å². The molecule has 0 amide bonds. The van der Waals surface area contributed by atoms with Crippen molar-refractivity contribution >= 4 is 5.82 Å². The van der Waals surface area contributed by atoms with Crippen molar-refractivity contribution in [2.24, 2.45) is 0 Å². The zero-order chi connectivity index (χ0) is 11.1. The summed E-state index contributed by atoms with van der Waals surface area (Å²) in [4.78, 5) is 20.0. The summed E-state index contributed by atoms with van der Waals surface area (Å²) in [7, 11) is 0. The van der Waals surface area contributed by atoms with Crippen molar-refractivity contribution in [1.29, 1.82) is 0 Å². The third-order valence-corrected chi connectivity index (χ3v) is 2.08. The smallest absolute Gasteiger partial charge is 0.290 e. The van der Waals surface area contributed by atoms with Crippen molar-refractivity contribution in [3.63, 3.8) is 0 Å². The first-order valence-electron chi connectivity index (χ1n) is 5.16. The minimum atomic E-state index is -0.157. The summed E-state index contributed by atoms with van der Waals surface area (Å²) >= 11 is 0. The van der Waals surface area contributed by atoms with Gasteiger partial charge in [0.2, 0.25) is 0 Å². The molecular formula is C10H17N3O2. The summed E-state index contributed by atoms with van der Waals surface area (Å²) in [5.74, 6) is 0.458. The van der Waals surface area contributed by atoms with E-state index in [-0.39, 0.29) is 5.56 Å². The first kappa shape index (κ1) is 11.7. The Kier molecular flexibility index (Phi) is 4.83. The summed E-state index contributed by atoms with van der Waals surface area (Å²) in [6.07, 6.45) is 3.11. The van der Waals surface area contributed by atoms with Crippen molar-refractivity contribution in [2.75, 3.05) is 31.2 Å². The van der Waals surface area contributed by atoms with E-state index in [0.29, 0.717) is 25.6 Å². The quantitative estimate of drug-likeness (QED) is 0.701. The molecule has 1 aromatic heterocycles. The maximum absolute atomic E-state index is 11.5. The highest BCUT2D eigenvalue weighted by Crippen LogP contribution is 2.00. The minimum Gasteiger partial charge on any atom is -0.380 e. The van der Waals surface area contributed by atoms with Gasteiger partial charge in [-0.05, 0) is 13.8 Å². The van der Waals surface area contributed by atoms with Crippen LogP contribution in [0.5, 0.6) is 0 Å². The second-order valence-corrected chi connectivity index (χ2v) is 3.02. The molecule has 0 spiro atoms. The Morgan fingerprint density at radius 3 is 2.93 bits per heavy atom. The summed E-state index contributed by atoms with van der Waals surface area (Å²) in [5, 5.41) is 0. The van der Waals surface area contributed by atoms with E-state index in [9.17, 15) is 4.79 Å². The largest absolute Gasteiger partial charge is 0.380 e. The Hall–Kier alpha value is -1.36. The van der Waals surface area contributed by atoms with Crippen LogP contribution in [0.15, 0.2) is 17.2 Å². The molecular weight excluding hydrogens is 194 g/mol. The molecule has 0 atom stereocenters. The first-order chi connectivity index (χ1) is 7.29. The van der Waals surface area contributed by atoms with Gasteiger partial charge in [-0.3, -0.25) is 4.79 Å². The lowest BCUT2D eigenvalue weighted by atomic mass is 10.4. The highest BCUT2D eigenvalue weighted by molar-refractivity contribution is 5.34. The molecule has 15 heavy (non-hydrogen) atoms. The van der Waals surface area contributed by atoms with E-state index < -0.39 is 0 Å². The zero-order valence-electron chi connectivity index (χ0n) is 9.19. The molecule has 0 unspecified atom stereocenters. The van der Waals surface area contributed by atoms with E-state index in [2.05, 4.69) is 9.97 Å². The summed E-state index contributed by atoms with van der Waals surface area (Å²) in [5.41, 5.74) is -0.157. The Morgan fingerprint density at radius 2 is 2.33 bits per heavy atom. The number of likely N-dealkylation sites (N-methyl/N-ethyl adjacent to an activating group) is 1. The molecule has 0 saturated carbocycles. The molecule has 1 aromatic rings. The fraction of sp³-hybridized carbons (Fsp3) is 0.600. The molecule has 1 rings (SSSR count). The Labute approximate surface area is 89.1 Å². The van der Waals surface area contributed by atoms with Crippen molar-refractivity contribution < 1.29 is 4.74 Å². The number of H-pyrrole nitrogens is 1. The van der Waals surface area contributed by atoms with E-state index in [0.717, 1.165) is 6.54 Å². The van der Waals surface area contributed by atoms with Gasteiger partial charge in [0.25, 0.3) is 5.56 Å². The molecule has 0 bridgehead atoms. The monoisotopic (exact) mass is 211 g/mol. The summed E-state index contributed by atoms with van der Waals surface area (Å²) in [6.45, 7) is 6.66. The number of anilines is 1. The molecule has 1 N–H and O–H groups in total.